The molecule has 0 radical (unpaired) electrons. The second-order valence-corrected chi connectivity index (χ2v) is 15.2. The van der Waals surface area contributed by atoms with Crippen LogP contribution in [-0.4, -0.2) is 59.9 Å². The van der Waals surface area contributed by atoms with Crippen molar-refractivity contribution in [3.8, 4) is 0 Å². The van der Waals surface area contributed by atoms with E-state index < -0.39 is 57.7 Å². The van der Waals surface area contributed by atoms with Gasteiger partial charge in [0.2, 0.25) is 0 Å². The van der Waals surface area contributed by atoms with Crippen LogP contribution in [0.15, 0.2) is 146 Å². The smallest absolute Gasteiger partial charge is 0.472 e. The van der Waals surface area contributed by atoms with Crippen molar-refractivity contribution in [2.75, 3.05) is 19.8 Å². The first-order valence-electron chi connectivity index (χ1n) is 21.9. The van der Waals surface area contributed by atoms with Crippen LogP contribution in [0.4, 0.5) is 0 Å². The maximum Gasteiger partial charge on any atom is 0.472 e. The zero-order chi connectivity index (χ0) is 45.6. The summed E-state index contributed by atoms with van der Waals surface area (Å²) in [6.45, 7) is 2.39. The number of phosphoric ester groups is 1. The lowest BCUT2D eigenvalue weighted by Gasteiger charge is -2.20. The average molecular weight is 880 g/mol. The highest BCUT2D eigenvalue weighted by Gasteiger charge is 2.28. The molecule has 3 atom stereocenters. The van der Waals surface area contributed by atoms with Crippen LogP contribution < -0.4 is 5.73 Å². The fourth-order valence-corrected chi connectivity index (χ4v) is 5.54. The van der Waals surface area contributed by atoms with Crippen molar-refractivity contribution in [3.05, 3.63) is 146 Å². The van der Waals surface area contributed by atoms with Crippen molar-refractivity contribution in [1.29, 1.82) is 0 Å². The summed E-state index contributed by atoms with van der Waals surface area (Å²) in [6, 6.07) is -1.55. The topological polar surface area (TPSA) is 172 Å². The number of esters is 2. The van der Waals surface area contributed by atoms with Gasteiger partial charge in [-0.15, -0.1) is 0 Å². The van der Waals surface area contributed by atoms with Crippen molar-refractivity contribution in [2.24, 2.45) is 5.73 Å². The van der Waals surface area contributed by atoms with E-state index in [9.17, 15) is 23.8 Å². The van der Waals surface area contributed by atoms with E-state index >= 15 is 0 Å². The van der Waals surface area contributed by atoms with Gasteiger partial charge in [0.25, 0.3) is 0 Å². The quantitative estimate of drug-likeness (QED) is 0.0306. The Bertz CT molecular complexity index is 1600. The lowest BCUT2D eigenvalue weighted by molar-refractivity contribution is -0.161. The molecule has 4 N–H and O–H groups in total. The van der Waals surface area contributed by atoms with E-state index in [4.69, 9.17) is 24.8 Å². The maximum atomic E-state index is 12.6. The average Bonchev–Trinajstić information content (AvgIpc) is 3.25. The van der Waals surface area contributed by atoms with Crippen LogP contribution >= 0.6 is 7.82 Å². The molecule has 0 aromatic carbocycles. The Labute approximate surface area is 372 Å². The van der Waals surface area contributed by atoms with Gasteiger partial charge in [-0.2, -0.15) is 0 Å². The highest BCUT2D eigenvalue weighted by atomic mass is 31.2. The molecule has 62 heavy (non-hydrogen) atoms. The van der Waals surface area contributed by atoms with Gasteiger partial charge in [0.15, 0.2) is 6.10 Å². The van der Waals surface area contributed by atoms with E-state index in [1.807, 2.05) is 36.5 Å². The van der Waals surface area contributed by atoms with Crippen LogP contribution in [0, 0.1) is 0 Å². The minimum atomic E-state index is -4.77. The molecule has 0 aliphatic rings. The third-order valence-electron chi connectivity index (χ3n) is 8.11. The van der Waals surface area contributed by atoms with E-state index in [1.54, 1.807) is 0 Å². The van der Waals surface area contributed by atoms with Crippen LogP contribution in [0.1, 0.15) is 117 Å². The monoisotopic (exact) mass is 880 g/mol. The van der Waals surface area contributed by atoms with Crippen LogP contribution in [0.25, 0.3) is 0 Å². The first kappa shape index (κ1) is 57.4. The summed E-state index contributed by atoms with van der Waals surface area (Å²) in [4.78, 5) is 45.9. The van der Waals surface area contributed by atoms with Gasteiger partial charge >= 0.3 is 25.7 Å². The van der Waals surface area contributed by atoms with Crippen molar-refractivity contribution < 1.29 is 47.5 Å². The number of hydrogen-bond donors (Lipinski definition) is 3. The molecule has 344 valence electrons. The largest absolute Gasteiger partial charge is 0.480 e. The molecule has 0 bridgehead atoms. The van der Waals surface area contributed by atoms with Gasteiger partial charge in [-0.05, 0) is 89.9 Å². The number of ether oxygens (including phenoxy) is 2. The Balaban J connectivity index is 4.64. The Morgan fingerprint density at radius 3 is 1.13 bits per heavy atom. The number of carbonyl (C=O) groups is 3. The molecule has 0 aliphatic carbocycles. The van der Waals surface area contributed by atoms with Crippen molar-refractivity contribution >= 4 is 25.7 Å². The Morgan fingerprint density at radius 2 is 0.790 bits per heavy atom. The van der Waals surface area contributed by atoms with Gasteiger partial charge in [0.05, 0.1) is 13.2 Å². The minimum Gasteiger partial charge on any atom is -0.480 e. The van der Waals surface area contributed by atoms with Crippen LogP contribution in [0.5, 0.6) is 0 Å². The number of nitrogens with two attached hydrogens (primary N) is 1. The van der Waals surface area contributed by atoms with E-state index in [0.29, 0.717) is 19.3 Å². The maximum absolute atomic E-state index is 12.6. The van der Waals surface area contributed by atoms with Gasteiger partial charge in [-0.1, -0.05) is 160 Å². The molecule has 11 nitrogen and oxygen atoms in total. The molecule has 0 aromatic rings. The van der Waals surface area contributed by atoms with Gasteiger partial charge < -0.3 is 25.2 Å². The Kier molecular flexibility index (Phi) is 39.8. The van der Waals surface area contributed by atoms with Crippen LogP contribution in [0.2, 0.25) is 0 Å². The normalized spacial score (nSPS) is 15.0. The van der Waals surface area contributed by atoms with Crippen molar-refractivity contribution in [3.63, 3.8) is 0 Å². The summed E-state index contributed by atoms with van der Waals surface area (Å²) in [7, 11) is -4.77. The number of aliphatic carboxylic acids is 1. The predicted octanol–water partition coefficient (Wildman–Crippen LogP) is 11.9. The highest BCUT2D eigenvalue weighted by molar-refractivity contribution is 7.47. The summed E-state index contributed by atoms with van der Waals surface area (Å²) in [5.74, 6) is -2.62. The van der Waals surface area contributed by atoms with Gasteiger partial charge in [-0.3, -0.25) is 23.4 Å². The van der Waals surface area contributed by atoms with Crippen molar-refractivity contribution in [1.82, 2.24) is 0 Å². The zero-order valence-electron chi connectivity index (χ0n) is 37.1. The summed E-state index contributed by atoms with van der Waals surface area (Å²) in [6.07, 6.45) is 60.9. The molecule has 0 fully saturated rings. The highest BCUT2D eigenvalue weighted by Crippen LogP contribution is 2.43. The number of carboxylic acid groups (broad SMARTS) is 1. The standard InChI is InChI=1S/C50H74NO10P/c1-3-5-7-9-11-13-15-17-19-21-23-25-27-29-31-33-35-37-39-41-48(52)58-43-46(44-59-62(56,57)60-45-47(51)50(54)55)61-49(53)42-40-38-36-34-32-30-28-26-24-22-20-18-16-14-12-10-8-6-4-2/h5-8,11-14,17-20,23-26,29-32,35-38,46-47H,3-4,9-10,15-16,21-22,27-28,33-34,39-45,51H2,1-2H3,(H,54,55)(H,56,57). The molecule has 0 aliphatic heterocycles. The molecular weight excluding hydrogens is 806 g/mol. The Morgan fingerprint density at radius 1 is 0.484 bits per heavy atom. The van der Waals surface area contributed by atoms with Gasteiger partial charge in [-0.25, -0.2) is 4.57 Å². The fourth-order valence-electron chi connectivity index (χ4n) is 4.76. The second kappa shape index (κ2) is 43.0. The molecule has 0 rings (SSSR count). The summed E-state index contributed by atoms with van der Waals surface area (Å²) in [5.41, 5.74) is 5.32. The molecule has 0 amide bonds. The van der Waals surface area contributed by atoms with E-state index in [0.717, 1.165) is 70.6 Å². The molecular formula is C50H74NO10P. The first-order chi connectivity index (χ1) is 30.1. The number of allylic oxidation sites excluding steroid dienone is 24. The minimum absolute atomic E-state index is 0.00997. The lowest BCUT2D eigenvalue weighted by Crippen LogP contribution is -2.34. The molecule has 0 aromatic heterocycles. The van der Waals surface area contributed by atoms with E-state index in [-0.39, 0.29) is 12.8 Å². The number of carbonyl (C=O) groups excluding carboxylic acids is 2. The molecule has 0 spiro atoms. The zero-order valence-corrected chi connectivity index (χ0v) is 38.0. The van der Waals surface area contributed by atoms with Crippen molar-refractivity contribution in [2.45, 2.75) is 129 Å². The SMILES string of the molecule is CCC=CCC=CCC=CCC=CCC=CCC=CCCC(=O)OCC(COP(=O)(O)OCC(N)C(=O)O)OC(=O)CCC=CCC=CCC=CCC=CCC=CCC=CCC. The second-order valence-electron chi connectivity index (χ2n) is 13.7. The van der Waals surface area contributed by atoms with E-state index in [2.05, 4.69) is 128 Å². The molecule has 0 saturated heterocycles. The number of hydrogen-bond acceptors (Lipinski definition) is 9. The number of carboxylic acids is 1. The van der Waals surface area contributed by atoms with Crippen LogP contribution in [-0.2, 0) is 37.5 Å². The summed E-state index contributed by atoms with van der Waals surface area (Å²) < 4.78 is 32.5. The number of phosphoric acid groups is 1. The molecule has 3 unspecified atom stereocenters. The number of rotatable bonds is 38. The lowest BCUT2D eigenvalue weighted by atomic mass is 10.2. The Hall–Kier alpha value is -4.64. The molecule has 0 saturated carbocycles. The first-order valence-corrected chi connectivity index (χ1v) is 23.4. The van der Waals surface area contributed by atoms with E-state index in [1.165, 1.54) is 0 Å². The third kappa shape index (κ3) is 42.1. The summed E-state index contributed by atoms with van der Waals surface area (Å²) in [5, 5.41) is 8.89. The van der Waals surface area contributed by atoms with Gasteiger partial charge in [0.1, 0.15) is 12.6 Å². The molecule has 12 heteroatoms. The fraction of sp³-hybridized carbons (Fsp3) is 0.460. The van der Waals surface area contributed by atoms with Crippen LogP contribution in [0.3, 0.4) is 0 Å². The third-order valence-corrected chi connectivity index (χ3v) is 9.06. The molecule has 0 heterocycles. The predicted molar refractivity (Wildman–Crippen MR) is 253 cm³/mol. The van der Waals surface area contributed by atoms with Gasteiger partial charge in [0, 0.05) is 12.8 Å². The summed E-state index contributed by atoms with van der Waals surface area (Å²) >= 11 is 0.